The molecule has 2 aliphatic rings. The van der Waals surface area contributed by atoms with E-state index in [-0.39, 0.29) is 53.3 Å². The Labute approximate surface area is 205 Å². The van der Waals surface area contributed by atoms with Gasteiger partial charge in [-0.15, -0.1) is 24.0 Å². The van der Waals surface area contributed by atoms with Crippen molar-refractivity contribution in [3.8, 4) is 5.75 Å². The molecular formula is C24H31F2IN4O. The summed E-state index contributed by atoms with van der Waals surface area (Å²) in [5.74, 6) is 0.800. The Hall–Kier alpha value is -1.94. The van der Waals surface area contributed by atoms with Gasteiger partial charge in [-0.2, -0.15) is 0 Å². The number of hydrogen-bond donors (Lipinski definition) is 2. The Bertz CT molecular complexity index is 934. The second-order valence-corrected chi connectivity index (χ2v) is 8.35. The first-order valence-corrected chi connectivity index (χ1v) is 10.9. The zero-order chi connectivity index (χ0) is 21.8. The first kappa shape index (κ1) is 24.7. The number of methoxy groups -OCH3 is 1. The molecule has 1 aliphatic carbocycles. The van der Waals surface area contributed by atoms with Crippen molar-refractivity contribution in [1.29, 1.82) is 0 Å². The maximum absolute atomic E-state index is 14.0. The van der Waals surface area contributed by atoms with E-state index in [0.29, 0.717) is 6.04 Å². The van der Waals surface area contributed by atoms with Gasteiger partial charge >= 0.3 is 0 Å². The van der Waals surface area contributed by atoms with E-state index < -0.39 is 0 Å². The van der Waals surface area contributed by atoms with Gasteiger partial charge in [0.1, 0.15) is 5.82 Å². The van der Waals surface area contributed by atoms with Gasteiger partial charge in [-0.3, -0.25) is 9.89 Å². The highest BCUT2D eigenvalue weighted by Gasteiger charge is 2.40. The van der Waals surface area contributed by atoms with Gasteiger partial charge in [-0.25, -0.2) is 8.78 Å². The summed E-state index contributed by atoms with van der Waals surface area (Å²) in [6, 6.07) is 12.7. The molecule has 2 atom stereocenters. The second kappa shape index (κ2) is 11.3. The predicted molar refractivity (Wildman–Crippen MR) is 134 cm³/mol. The lowest BCUT2D eigenvalue weighted by molar-refractivity contribution is 0.198. The number of nitrogens with one attached hydrogen (secondary N) is 2. The van der Waals surface area contributed by atoms with Crippen molar-refractivity contribution >= 4 is 29.9 Å². The van der Waals surface area contributed by atoms with Crippen LogP contribution in [0.2, 0.25) is 0 Å². The number of benzene rings is 2. The lowest BCUT2D eigenvalue weighted by atomic mass is 10.0. The fourth-order valence-corrected chi connectivity index (χ4v) is 4.32. The average molecular weight is 556 g/mol. The van der Waals surface area contributed by atoms with Gasteiger partial charge < -0.3 is 15.4 Å². The number of nitrogens with zero attached hydrogens (tertiary/aromatic N) is 2. The van der Waals surface area contributed by atoms with E-state index in [2.05, 4.69) is 20.5 Å². The van der Waals surface area contributed by atoms with Gasteiger partial charge in [-0.05, 0) is 48.6 Å². The normalized spacial score (nSPS) is 21.6. The number of rotatable bonds is 6. The highest BCUT2D eigenvalue weighted by atomic mass is 127. The van der Waals surface area contributed by atoms with Crippen LogP contribution in [0.3, 0.4) is 0 Å². The van der Waals surface area contributed by atoms with Crippen LogP contribution >= 0.6 is 24.0 Å². The van der Waals surface area contributed by atoms with Crippen LogP contribution in [0, 0.1) is 11.6 Å². The molecule has 1 saturated carbocycles. The lowest BCUT2D eigenvalue weighted by Crippen LogP contribution is -2.49. The fraction of sp³-hybridized carbons (Fsp3) is 0.458. The van der Waals surface area contributed by atoms with Crippen LogP contribution in [0.4, 0.5) is 8.78 Å². The third kappa shape index (κ3) is 6.10. The van der Waals surface area contributed by atoms with Gasteiger partial charge in [0.05, 0.1) is 7.11 Å². The van der Waals surface area contributed by atoms with E-state index in [0.717, 1.165) is 56.0 Å². The Morgan fingerprint density at radius 2 is 1.84 bits per heavy atom. The molecule has 2 aromatic rings. The summed E-state index contributed by atoms with van der Waals surface area (Å²) in [7, 11) is 3.24. The summed E-state index contributed by atoms with van der Waals surface area (Å²) in [5.41, 5.74) is 1.73. The molecular weight excluding hydrogens is 525 g/mol. The Kier molecular flexibility index (Phi) is 8.70. The van der Waals surface area contributed by atoms with Gasteiger partial charge in [-0.1, -0.05) is 24.3 Å². The molecule has 8 heteroatoms. The van der Waals surface area contributed by atoms with Crippen LogP contribution in [0.15, 0.2) is 47.5 Å². The number of piperidine rings is 1. The summed E-state index contributed by atoms with van der Waals surface area (Å²) in [6.07, 6.45) is 2.89. The van der Waals surface area contributed by atoms with Crippen molar-refractivity contribution in [2.75, 3.05) is 27.2 Å². The Balaban J connectivity index is 0.00000289. The van der Waals surface area contributed by atoms with Crippen LogP contribution in [0.5, 0.6) is 5.75 Å². The number of likely N-dealkylation sites (tertiary alicyclic amines) is 1. The minimum atomic E-state index is -0.319. The molecule has 174 valence electrons. The van der Waals surface area contributed by atoms with Gasteiger partial charge in [0.25, 0.3) is 0 Å². The summed E-state index contributed by atoms with van der Waals surface area (Å²) >= 11 is 0. The second-order valence-electron chi connectivity index (χ2n) is 8.35. The Morgan fingerprint density at radius 1 is 1.09 bits per heavy atom. The van der Waals surface area contributed by atoms with Gasteiger partial charge in [0.2, 0.25) is 0 Å². The van der Waals surface area contributed by atoms with Crippen molar-refractivity contribution in [2.24, 2.45) is 4.99 Å². The van der Waals surface area contributed by atoms with Crippen LogP contribution < -0.4 is 15.4 Å². The molecule has 5 nitrogen and oxygen atoms in total. The Morgan fingerprint density at radius 3 is 2.50 bits per heavy atom. The minimum absolute atomic E-state index is 0. The van der Waals surface area contributed by atoms with Gasteiger partial charge in [0.15, 0.2) is 17.5 Å². The molecule has 2 fully saturated rings. The number of aliphatic imine (C=N–C) groups is 1. The van der Waals surface area contributed by atoms with E-state index in [1.165, 1.54) is 13.2 Å². The van der Waals surface area contributed by atoms with E-state index in [1.54, 1.807) is 25.2 Å². The first-order valence-electron chi connectivity index (χ1n) is 10.9. The number of halogens is 3. The molecule has 4 rings (SSSR count). The minimum Gasteiger partial charge on any atom is -0.494 e. The molecule has 0 spiro atoms. The maximum atomic E-state index is 14.0. The highest BCUT2D eigenvalue weighted by Crippen LogP contribution is 2.41. The first-order chi connectivity index (χ1) is 15.1. The van der Waals surface area contributed by atoms with Gasteiger partial charge in [0, 0.05) is 44.7 Å². The largest absolute Gasteiger partial charge is 0.494 e. The summed E-state index contributed by atoms with van der Waals surface area (Å²) < 4.78 is 32.9. The van der Waals surface area contributed by atoms with Crippen LogP contribution in [-0.2, 0) is 6.54 Å². The summed E-state index contributed by atoms with van der Waals surface area (Å²) in [4.78, 5) is 6.70. The van der Waals surface area contributed by atoms with Crippen molar-refractivity contribution in [3.63, 3.8) is 0 Å². The predicted octanol–water partition coefficient (Wildman–Crippen LogP) is 4.28. The molecule has 2 aromatic carbocycles. The molecule has 1 aliphatic heterocycles. The maximum Gasteiger partial charge on any atom is 0.191 e. The SMILES string of the molecule is CN=C(NC1CCN(Cc2ccc(OC)c(F)c2)CC1)NC1CC1c1ccccc1F.I. The average Bonchev–Trinajstić information content (AvgIpc) is 3.54. The molecule has 0 amide bonds. The molecule has 32 heavy (non-hydrogen) atoms. The standard InChI is InChI=1S/C24H30F2N4O.HI/c1-27-24(29-22-14-19(22)18-5-3-4-6-20(18)25)28-17-9-11-30(12-10-17)15-16-7-8-23(31-2)21(26)13-16;/h3-8,13,17,19,22H,9-12,14-15H2,1-2H3,(H2,27,28,29);1H. The lowest BCUT2D eigenvalue weighted by Gasteiger charge is -2.33. The van der Waals surface area contributed by atoms with Crippen LogP contribution in [-0.4, -0.2) is 50.2 Å². The molecule has 0 bridgehead atoms. The van der Waals surface area contributed by atoms with Crippen LogP contribution in [0.25, 0.3) is 0 Å². The van der Waals surface area contributed by atoms with Crippen molar-refractivity contribution in [1.82, 2.24) is 15.5 Å². The topological polar surface area (TPSA) is 48.9 Å². The molecule has 0 radical (unpaired) electrons. The molecule has 2 N–H and O–H groups in total. The quantitative estimate of drug-likeness (QED) is 0.317. The van der Waals surface area contributed by atoms with Crippen LogP contribution in [0.1, 0.15) is 36.3 Å². The van der Waals surface area contributed by atoms with E-state index in [1.807, 2.05) is 18.2 Å². The number of ether oxygens (including phenoxy) is 1. The monoisotopic (exact) mass is 556 g/mol. The third-order valence-corrected chi connectivity index (χ3v) is 6.19. The van der Waals surface area contributed by atoms with E-state index >= 15 is 0 Å². The molecule has 1 saturated heterocycles. The smallest absolute Gasteiger partial charge is 0.191 e. The summed E-state index contributed by atoms with van der Waals surface area (Å²) in [6.45, 7) is 2.60. The molecule has 0 aromatic heterocycles. The molecule has 2 unspecified atom stereocenters. The zero-order valence-electron chi connectivity index (χ0n) is 18.5. The van der Waals surface area contributed by atoms with Crippen molar-refractivity contribution in [3.05, 3.63) is 65.2 Å². The highest BCUT2D eigenvalue weighted by molar-refractivity contribution is 14.0. The zero-order valence-corrected chi connectivity index (χ0v) is 20.8. The fourth-order valence-electron chi connectivity index (χ4n) is 4.32. The van der Waals surface area contributed by atoms with E-state index in [4.69, 9.17) is 4.74 Å². The van der Waals surface area contributed by atoms with Crippen molar-refractivity contribution in [2.45, 2.75) is 43.8 Å². The summed E-state index contributed by atoms with van der Waals surface area (Å²) in [5, 5.41) is 6.95. The number of hydrogen-bond acceptors (Lipinski definition) is 3. The van der Waals surface area contributed by atoms with Crippen molar-refractivity contribution < 1.29 is 13.5 Å². The molecule has 1 heterocycles. The number of guanidine groups is 1. The third-order valence-electron chi connectivity index (χ3n) is 6.19. The van der Waals surface area contributed by atoms with E-state index in [9.17, 15) is 8.78 Å².